The molecule has 0 aromatic carbocycles. The van der Waals surface area contributed by atoms with Gasteiger partial charge in [0.1, 0.15) is 5.82 Å². The highest BCUT2D eigenvalue weighted by molar-refractivity contribution is 5.89. The third kappa shape index (κ3) is 6.31. The van der Waals surface area contributed by atoms with Crippen LogP contribution in [-0.4, -0.2) is 69.0 Å². The molecule has 2 aliphatic rings. The largest absolute Gasteiger partial charge is 0.490 e. The zero-order valence-corrected chi connectivity index (χ0v) is 17.7. The Bertz CT molecular complexity index is 934. The maximum Gasteiger partial charge on any atom is 0.490 e. The number of pyridine rings is 1. The number of carbonyl (C=O) groups excluding carboxylic acids is 1. The fraction of sp³-hybridized carbons (Fsp3) is 0.600. The summed E-state index contributed by atoms with van der Waals surface area (Å²) < 4.78 is 33.4. The summed E-state index contributed by atoms with van der Waals surface area (Å²) in [5.74, 6) is -0.488. The van der Waals surface area contributed by atoms with Gasteiger partial charge in [0.25, 0.3) is 0 Å². The van der Waals surface area contributed by atoms with E-state index < -0.39 is 12.1 Å². The molecule has 2 amide bonds. The van der Waals surface area contributed by atoms with Gasteiger partial charge in [-0.15, -0.1) is 0 Å². The molecule has 0 saturated carbocycles. The number of nitrogens with zero attached hydrogens (tertiary/aromatic N) is 4. The molecule has 0 radical (unpaired) electrons. The first-order valence-electron chi connectivity index (χ1n) is 10.5. The standard InChI is InChI=1S/C18H26N6O.C2HF3O2/c1-13-20-17-5-4-16(12-24(17)22-13)21-18(25)23-9-6-14(7-10-23)15-3-2-8-19-11-15;3-2(4,5)1(6)7/h4-5,12,14-15,19H,2-3,6-11H2,1H3,(H,21,25);(H,6,7). The van der Waals surface area contributed by atoms with Crippen molar-refractivity contribution in [2.45, 2.75) is 38.8 Å². The normalized spacial score (nSPS) is 19.9. The minimum absolute atomic E-state index is 0.0172. The fourth-order valence-electron chi connectivity index (χ4n) is 4.13. The van der Waals surface area contributed by atoms with Gasteiger partial charge in [-0.2, -0.15) is 18.3 Å². The summed E-state index contributed by atoms with van der Waals surface area (Å²) in [6.45, 7) is 5.86. The lowest BCUT2D eigenvalue weighted by Crippen LogP contribution is -2.44. The molecule has 0 bridgehead atoms. The number of aliphatic carboxylic acids is 1. The number of likely N-dealkylation sites (tertiary alicyclic amines) is 1. The van der Waals surface area contributed by atoms with Crippen molar-refractivity contribution >= 4 is 23.3 Å². The summed E-state index contributed by atoms with van der Waals surface area (Å²) in [7, 11) is 0. The molecule has 4 heterocycles. The van der Waals surface area contributed by atoms with Gasteiger partial charge in [0, 0.05) is 13.1 Å². The Morgan fingerprint density at radius 2 is 1.88 bits per heavy atom. The lowest BCUT2D eigenvalue weighted by molar-refractivity contribution is -0.192. The molecule has 3 N–H and O–H groups in total. The summed E-state index contributed by atoms with van der Waals surface area (Å²) in [5.41, 5.74) is 1.54. The van der Waals surface area contributed by atoms with Crippen LogP contribution in [0.15, 0.2) is 18.3 Å². The Hall–Kier alpha value is -2.89. The van der Waals surface area contributed by atoms with Crippen LogP contribution >= 0.6 is 0 Å². The molecule has 2 saturated heterocycles. The first-order chi connectivity index (χ1) is 15.1. The number of carbonyl (C=O) groups is 2. The van der Waals surface area contributed by atoms with E-state index in [1.807, 2.05) is 30.2 Å². The molecule has 0 spiro atoms. The molecule has 9 nitrogen and oxygen atoms in total. The number of aromatic nitrogens is 3. The SMILES string of the molecule is Cc1nc2ccc(NC(=O)N3CCC(C4CCCNC4)CC3)cn2n1.O=C(O)C(F)(F)F. The van der Waals surface area contributed by atoms with Gasteiger partial charge in [-0.25, -0.2) is 19.1 Å². The van der Waals surface area contributed by atoms with Crippen LogP contribution in [0.25, 0.3) is 5.65 Å². The average Bonchev–Trinajstić information content (AvgIpc) is 3.13. The van der Waals surface area contributed by atoms with Crippen molar-refractivity contribution in [3.8, 4) is 0 Å². The van der Waals surface area contributed by atoms with Crippen LogP contribution in [0.2, 0.25) is 0 Å². The van der Waals surface area contributed by atoms with E-state index in [0.29, 0.717) is 0 Å². The molecule has 0 aliphatic carbocycles. The van der Waals surface area contributed by atoms with E-state index in [4.69, 9.17) is 9.90 Å². The number of fused-ring (bicyclic) bond motifs is 1. The van der Waals surface area contributed by atoms with Crippen LogP contribution in [0.5, 0.6) is 0 Å². The predicted octanol–water partition coefficient (Wildman–Crippen LogP) is 2.91. The van der Waals surface area contributed by atoms with E-state index >= 15 is 0 Å². The second-order valence-corrected chi connectivity index (χ2v) is 8.04. The zero-order chi connectivity index (χ0) is 23.3. The average molecular weight is 456 g/mol. The van der Waals surface area contributed by atoms with Gasteiger partial charge >= 0.3 is 18.2 Å². The topological polar surface area (TPSA) is 112 Å². The van der Waals surface area contributed by atoms with Crippen molar-refractivity contribution in [1.82, 2.24) is 24.8 Å². The maximum absolute atomic E-state index is 12.5. The zero-order valence-electron chi connectivity index (χ0n) is 17.7. The molecule has 176 valence electrons. The third-order valence-electron chi connectivity index (χ3n) is 5.76. The molecule has 2 fully saturated rings. The molecule has 1 atom stereocenters. The number of nitrogens with one attached hydrogen (secondary N) is 2. The molecule has 1 unspecified atom stereocenters. The summed E-state index contributed by atoms with van der Waals surface area (Å²) >= 11 is 0. The van der Waals surface area contributed by atoms with Gasteiger partial charge in [-0.3, -0.25) is 0 Å². The summed E-state index contributed by atoms with van der Waals surface area (Å²) in [5, 5.41) is 17.9. The number of piperidine rings is 2. The molecule has 4 rings (SSSR count). The van der Waals surface area contributed by atoms with E-state index in [0.717, 1.165) is 68.0 Å². The van der Waals surface area contributed by atoms with Crippen molar-refractivity contribution in [2.75, 3.05) is 31.5 Å². The number of alkyl halides is 3. The Morgan fingerprint density at radius 3 is 2.47 bits per heavy atom. The van der Waals surface area contributed by atoms with Gasteiger partial charge in [-0.1, -0.05) is 0 Å². The van der Waals surface area contributed by atoms with Crippen LogP contribution in [0.3, 0.4) is 0 Å². The van der Waals surface area contributed by atoms with Crippen LogP contribution in [-0.2, 0) is 4.79 Å². The molecule has 32 heavy (non-hydrogen) atoms. The molecular weight excluding hydrogens is 429 g/mol. The van der Waals surface area contributed by atoms with Gasteiger partial charge in [0.2, 0.25) is 0 Å². The van der Waals surface area contributed by atoms with E-state index in [2.05, 4.69) is 20.7 Å². The Labute approximate surface area is 183 Å². The van der Waals surface area contributed by atoms with Crippen LogP contribution < -0.4 is 10.6 Å². The highest BCUT2D eigenvalue weighted by atomic mass is 19.4. The Morgan fingerprint density at radius 1 is 1.19 bits per heavy atom. The lowest BCUT2D eigenvalue weighted by Gasteiger charge is -2.37. The highest BCUT2D eigenvalue weighted by Crippen LogP contribution is 2.29. The number of aryl methyl sites for hydroxylation is 1. The number of hydrogen-bond donors (Lipinski definition) is 3. The number of halogens is 3. The summed E-state index contributed by atoms with van der Waals surface area (Å²) in [6.07, 6.45) is 1.58. The minimum atomic E-state index is -5.08. The number of hydrogen-bond acceptors (Lipinski definition) is 5. The van der Waals surface area contributed by atoms with Crippen LogP contribution in [0.4, 0.5) is 23.7 Å². The second kappa shape index (κ2) is 10.2. The van der Waals surface area contributed by atoms with Crippen molar-refractivity contribution in [3.63, 3.8) is 0 Å². The lowest BCUT2D eigenvalue weighted by atomic mass is 9.80. The second-order valence-electron chi connectivity index (χ2n) is 8.04. The third-order valence-corrected chi connectivity index (χ3v) is 5.76. The van der Waals surface area contributed by atoms with E-state index in [1.54, 1.807) is 4.52 Å². The Balaban J connectivity index is 0.000000360. The highest BCUT2D eigenvalue weighted by Gasteiger charge is 2.38. The first kappa shape index (κ1) is 23.8. The van der Waals surface area contributed by atoms with Crippen LogP contribution in [0, 0.1) is 18.8 Å². The quantitative estimate of drug-likeness (QED) is 0.641. The van der Waals surface area contributed by atoms with Crippen molar-refractivity contribution in [3.05, 3.63) is 24.2 Å². The fourth-order valence-corrected chi connectivity index (χ4v) is 4.13. The monoisotopic (exact) mass is 456 g/mol. The predicted molar refractivity (Wildman–Crippen MR) is 110 cm³/mol. The van der Waals surface area contributed by atoms with Crippen LogP contribution in [0.1, 0.15) is 31.5 Å². The first-order valence-corrected chi connectivity index (χ1v) is 10.5. The van der Waals surface area contributed by atoms with Crippen molar-refractivity contribution in [1.29, 1.82) is 0 Å². The van der Waals surface area contributed by atoms with Gasteiger partial charge < -0.3 is 20.6 Å². The molecule has 12 heteroatoms. The van der Waals surface area contributed by atoms with E-state index in [9.17, 15) is 18.0 Å². The molecular formula is C20H27F3N6O3. The molecule has 2 aromatic rings. The Kier molecular flexibility index (Phi) is 7.54. The van der Waals surface area contributed by atoms with Crippen molar-refractivity contribution < 1.29 is 27.9 Å². The number of amides is 2. The number of urea groups is 1. The number of anilines is 1. The van der Waals surface area contributed by atoms with Gasteiger partial charge in [-0.05, 0) is 69.7 Å². The molecule has 2 aromatic heterocycles. The minimum Gasteiger partial charge on any atom is -0.475 e. The van der Waals surface area contributed by atoms with E-state index in [1.165, 1.54) is 12.8 Å². The number of carboxylic acids is 1. The van der Waals surface area contributed by atoms with Crippen molar-refractivity contribution in [2.24, 2.45) is 11.8 Å². The van der Waals surface area contributed by atoms with Gasteiger partial charge in [0.15, 0.2) is 5.65 Å². The number of carboxylic acid groups (broad SMARTS) is 1. The van der Waals surface area contributed by atoms with E-state index in [-0.39, 0.29) is 6.03 Å². The molecule has 2 aliphatic heterocycles. The smallest absolute Gasteiger partial charge is 0.475 e. The van der Waals surface area contributed by atoms with Gasteiger partial charge in [0.05, 0.1) is 11.9 Å². The number of rotatable bonds is 2. The summed E-state index contributed by atoms with van der Waals surface area (Å²) in [6, 6.07) is 3.73. The maximum atomic E-state index is 12.5. The summed E-state index contributed by atoms with van der Waals surface area (Å²) in [4.78, 5) is 27.7.